The number of benzene rings is 2. The Morgan fingerprint density at radius 1 is 1.00 bits per heavy atom. The van der Waals surface area contributed by atoms with E-state index in [1.165, 1.54) is 10.5 Å². The van der Waals surface area contributed by atoms with Crippen LogP contribution < -0.4 is 10.1 Å². The van der Waals surface area contributed by atoms with Gasteiger partial charge in [0, 0.05) is 44.6 Å². The molecule has 0 unspecified atom stereocenters. The van der Waals surface area contributed by atoms with E-state index in [4.69, 9.17) is 4.74 Å². The van der Waals surface area contributed by atoms with E-state index in [1.807, 2.05) is 30.3 Å². The smallest absolute Gasteiger partial charge is 0.325 e. The van der Waals surface area contributed by atoms with Crippen LogP contribution in [-0.4, -0.2) is 77.9 Å². The monoisotopic (exact) mass is 516 g/mol. The van der Waals surface area contributed by atoms with Gasteiger partial charge in [0.1, 0.15) is 11.3 Å². The number of carbonyl (C=O) groups is 3. The highest BCUT2D eigenvalue weighted by atomic mass is 16.5. The summed E-state index contributed by atoms with van der Waals surface area (Å²) < 4.78 is 5.21. The van der Waals surface area contributed by atoms with E-state index >= 15 is 0 Å². The molecule has 1 spiro atoms. The molecule has 8 nitrogen and oxygen atoms in total. The van der Waals surface area contributed by atoms with Crippen molar-refractivity contribution in [3.63, 3.8) is 0 Å². The van der Waals surface area contributed by atoms with Crippen molar-refractivity contribution in [2.75, 3.05) is 39.8 Å². The number of hydrogen-bond acceptors (Lipinski definition) is 5. The number of carbonyl (C=O) groups excluding carboxylic acids is 3. The molecule has 0 aromatic heterocycles. The minimum atomic E-state index is -0.817. The van der Waals surface area contributed by atoms with Gasteiger partial charge in [-0.1, -0.05) is 42.5 Å². The summed E-state index contributed by atoms with van der Waals surface area (Å²) in [6.45, 7) is 4.22. The average molecular weight is 517 g/mol. The fourth-order valence-electron chi connectivity index (χ4n) is 6.42. The highest BCUT2D eigenvalue weighted by Crippen LogP contribution is 2.39. The van der Waals surface area contributed by atoms with Gasteiger partial charge in [0.15, 0.2) is 0 Å². The van der Waals surface area contributed by atoms with Crippen LogP contribution in [0.15, 0.2) is 54.6 Å². The Kier molecular flexibility index (Phi) is 6.60. The number of urea groups is 1. The summed E-state index contributed by atoms with van der Waals surface area (Å²) in [5.74, 6) is 1.85. The molecular weight excluding hydrogens is 480 g/mol. The lowest BCUT2D eigenvalue weighted by Gasteiger charge is -2.38. The van der Waals surface area contributed by atoms with E-state index in [0.717, 1.165) is 56.9 Å². The predicted octanol–water partition coefficient (Wildman–Crippen LogP) is 3.23. The van der Waals surface area contributed by atoms with Crippen LogP contribution in [0.3, 0.4) is 0 Å². The van der Waals surface area contributed by atoms with Crippen LogP contribution in [0.25, 0.3) is 0 Å². The zero-order chi connectivity index (χ0) is 26.3. The summed E-state index contributed by atoms with van der Waals surface area (Å²) >= 11 is 0. The molecule has 2 aromatic carbocycles. The normalized spacial score (nSPS) is 25.2. The Bertz CT molecular complexity index is 1190. The van der Waals surface area contributed by atoms with Gasteiger partial charge in [-0.15, -0.1) is 0 Å². The van der Waals surface area contributed by atoms with E-state index in [2.05, 4.69) is 39.4 Å². The third-order valence-electron chi connectivity index (χ3n) is 8.85. The molecule has 4 aliphatic rings. The van der Waals surface area contributed by atoms with Crippen LogP contribution in [0.4, 0.5) is 4.79 Å². The zero-order valence-corrected chi connectivity index (χ0v) is 22.0. The Morgan fingerprint density at radius 3 is 2.37 bits per heavy atom. The van der Waals surface area contributed by atoms with Gasteiger partial charge >= 0.3 is 6.03 Å². The molecule has 3 aliphatic heterocycles. The first-order valence-corrected chi connectivity index (χ1v) is 13.8. The first kappa shape index (κ1) is 24.9. The van der Waals surface area contributed by atoms with Crippen LogP contribution in [-0.2, 0) is 16.1 Å². The van der Waals surface area contributed by atoms with Gasteiger partial charge in [-0.2, -0.15) is 0 Å². The maximum atomic E-state index is 13.5. The lowest BCUT2D eigenvalue weighted by molar-refractivity contribution is -0.133. The molecule has 200 valence electrons. The molecule has 0 bridgehead atoms. The van der Waals surface area contributed by atoms with Crippen molar-refractivity contribution in [2.45, 2.75) is 43.7 Å². The van der Waals surface area contributed by atoms with Crippen LogP contribution in [0.5, 0.6) is 5.75 Å². The molecule has 8 heteroatoms. The number of methoxy groups -OCH3 is 1. The SMILES string of the molecule is COc1ccc(CN2C(=O)NC3(CCN(C[C@H]4CN(C(=O)C5CC5)C[C@@H]4c4ccccc4)CC3)C2=O)cc1. The van der Waals surface area contributed by atoms with Crippen LogP contribution in [0.2, 0.25) is 0 Å². The molecule has 3 saturated heterocycles. The standard InChI is InChI=1S/C30H36N4O4/c1-38-25-11-7-21(8-12-25)17-34-28(36)30(31-29(34)37)13-15-32(16-14-30)18-24-19-33(27(35)23-9-10-23)20-26(24)22-5-3-2-4-6-22/h2-8,11-12,23-24,26H,9-10,13-20H2,1H3,(H,31,37)/t24-,26+/m0/s1. The fraction of sp³-hybridized carbons (Fsp3) is 0.500. The first-order chi connectivity index (χ1) is 18.5. The summed E-state index contributed by atoms with van der Waals surface area (Å²) in [6, 6.07) is 17.7. The molecule has 1 aliphatic carbocycles. The zero-order valence-electron chi connectivity index (χ0n) is 22.0. The van der Waals surface area contributed by atoms with Crippen LogP contribution in [0, 0.1) is 11.8 Å². The molecule has 0 radical (unpaired) electrons. The first-order valence-electron chi connectivity index (χ1n) is 13.8. The van der Waals surface area contributed by atoms with Crippen molar-refractivity contribution < 1.29 is 19.1 Å². The van der Waals surface area contributed by atoms with Crippen molar-refractivity contribution in [2.24, 2.45) is 11.8 Å². The van der Waals surface area contributed by atoms with Gasteiger partial charge in [-0.05, 0) is 54.9 Å². The van der Waals surface area contributed by atoms with E-state index in [0.29, 0.717) is 30.6 Å². The molecule has 2 atom stereocenters. The Morgan fingerprint density at radius 2 is 1.71 bits per heavy atom. The van der Waals surface area contributed by atoms with E-state index in [-0.39, 0.29) is 24.4 Å². The summed E-state index contributed by atoms with van der Waals surface area (Å²) in [5.41, 5.74) is 1.37. The summed E-state index contributed by atoms with van der Waals surface area (Å²) in [4.78, 5) is 45.0. The van der Waals surface area contributed by atoms with Crippen molar-refractivity contribution in [1.82, 2.24) is 20.0 Å². The highest BCUT2D eigenvalue weighted by molar-refractivity contribution is 6.07. The van der Waals surface area contributed by atoms with Gasteiger partial charge in [0.05, 0.1) is 13.7 Å². The van der Waals surface area contributed by atoms with Gasteiger partial charge in [-0.3, -0.25) is 14.5 Å². The topological polar surface area (TPSA) is 82.2 Å². The number of rotatable bonds is 7. The molecule has 1 N–H and O–H groups in total. The molecule has 1 saturated carbocycles. The minimum Gasteiger partial charge on any atom is -0.497 e. The number of likely N-dealkylation sites (tertiary alicyclic amines) is 2. The van der Waals surface area contributed by atoms with Crippen LogP contribution >= 0.6 is 0 Å². The van der Waals surface area contributed by atoms with Crippen molar-refractivity contribution in [3.05, 3.63) is 65.7 Å². The number of nitrogens with zero attached hydrogens (tertiary/aromatic N) is 3. The number of piperidine rings is 1. The second-order valence-corrected chi connectivity index (χ2v) is 11.3. The fourth-order valence-corrected chi connectivity index (χ4v) is 6.42. The maximum Gasteiger partial charge on any atom is 0.325 e. The molecule has 4 fully saturated rings. The number of imide groups is 1. The summed E-state index contributed by atoms with van der Waals surface area (Å²) in [6.07, 6.45) is 3.26. The van der Waals surface area contributed by atoms with Gasteiger partial charge in [0.2, 0.25) is 5.91 Å². The van der Waals surface area contributed by atoms with Crippen molar-refractivity contribution in [3.8, 4) is 5.75 Å². The van der Waals surface area contributed by atoms with Crippen molar-refractivity contribution >= 4 is 17.8 Å². The summed E-state index contributed by atoms with van der Waals surface area (Å²) in [7, 11) is 1.61. The van der Waals surface area contributed by atoms with E-state index < -0.39 is 5.54 Å². The predicted molar refractivity (Wildman–Crippen MR) is 142 cm³/mol. The highest BCUT2D eigenvalue weighted by Gasteiger charge is 2.52. The Hall–Kier alpha value is -3.39. The number of nitrogens with one attached hydrogen (secondary N) is 1. The second-order valence-electron chi connectivity index (χ2n) is 11.3. The molecular formula is C30H36N4O4. The van der Waals surface area contributed by atoms with Gasteiger partial charge in [0.25, 0.3) is 5.91 Å². The second kappa shape index (κ2) is 10.1. The largest absolute Gasteiger partial charge is 0.497 e. The van der Waals surface area contributed by atoms with Gasteiger partial charge < -0.3 is 19.9 Å². The third-order valence-corrected chi connectivity index (χ3v) is 8.85. The maximum absolute atomic E-state index is 13.5. The molecule has 4 amide bonds. The number of amides is 4. The number of hydrogen-bond donors (Lipinski definition) is 1. The quantitative estimate of drug-likeness (QED) is 0.572. The summed E-state index contributed by atoms with van der Waals surface area (Å²) in [5, 5.41) is 3.04. The molecule has 3 heterocycles. The minimum absolute atomic E-state index is 0.123. The van der Waals surface area contributed by atoms with Crippen LogP contribution in [0.1, 0.15) is 42.7 Å². The number of ether oxygens (including phenoxy) is 1. The molecule has 38 heavy (non-hydrogen) atoms. The van der Waals surface area contributed by atoms with E-state index in [1.54, 1.807) is 7.11 Å². The Balaban J connectivity index is 1.09. The molecule has 6 rings (SSSR count). The van der Waals surface area contributed by atoms with Gasteiger partial charge in [-0.25, -0.2) is 4.79 Å². The van der Waals surface area contributed by atoms with E-state index in [9.17, 15) is 14.4 Å². The lowest BCUT2D eigenvalue weighted by atomic mass is 9.85. The van der Waals surface area contributed by atoms with Crippen molar-refractivity contribution in [1.29, 1.82) is 0 Å². The third kappa shape index (κ3) is 4.77. The Labute approximate surface area is 223 Å². The average Bonchev–Trinajstić information content (AvgIpc) is 3.68. The lowest BCUT2D eigenvalue weighted by Crippen LogP contribution is -2.55. The molecule has 2 aromatic rings.